The van der Waals surface area contributed by atoms with Gasteiger partial charge in [0, 0.05) is 11.1 Å². The summed E-state index contributed by atoms with van der Waals surface area (Å²) < 4.78 is 1.34. The summed E-state index contributed by atoms with van der Waals surface area (Å²) in [5, 5.41) is 14.2. The molecule has 2 aromatic rings. The fourth-order valence-corrected chi connectivity index (χ4v) is 4.61. The Labute approximate surface area is 125 Å². The van der Waals surface area contributed by atoms with Crippen molar-refractivity contribution in [2.75, 3.05) is 0 Å². The van der Waals surface area contributed by atoms with E-state index >= 15 is 0 Å². The van der Waals surface area contributed by atoms with Gasteiger partial charge in [-0.2, -0.15) is 0 Å². The quantitative estimate of drug-likeness (QED) is 0.837. The predicted molar refractivity (Wildman–Crippen MR) is 87.3 cm³/mol. The Bertz CT molecular complexity index is 559. The number of hydrogen-bond acceptors (Lipinski definition) is 2. The van der Waals surface area contributed by atoms with Crippen LogP contribution < -0.4 is 0 Å². The lowest BCUT2D eigenvalue weighted by Crippen LogP contribution is -2.28. The van der Waals surface area contributed by atoms with Crippen LogP contribution in [0.3, 0.4) is 0 Å². The normalized spacial score (nSPS) is 24.9. The van der Waals surface area contributed by atoms with E-state index < -0.39 is 0 Å². The Morgan fingerprint density at radius 1 is 1.30 bits per heavy atom. The lowest BCUT2D eigenvalue weighted by molar-refractivity contribution is 0.0688. The minimum absolute atomic E-state index is 0.164. The molecule has 0 amide bonds. The zero-order valence-corrected chi connectivity index (χ0v) is 13.0. The van der Waals surface area contributed by atoms with Crippen LogP contribution in [0.5, 0.6) is 0 Å². The summed E-state index contributed by atoms with van der Waals surface area (Å²) in [6.07, 6.45) is 7.02. The molecule has 1 aromatic heterocycles. The number of aliphatic hydroxyl groups is 1. The Kier molecular flexibility index (Phi) is 4.42. The summed E-state index contributed by atoms with van der Waals surface area (Å²) in [5.74, 6) is 1.34. The van der Waals surface area contributed by atoms with Gasteiger partial charge in [0.1, 0.15) is 0 Å². The molecular formula is C18H24OS. The van der Waals surface area contributed by atoms with Crippen molar-refractivity contribution >= 4 is 21.4 Å². The van der Waals surface area contributed by atoms with Crippen LogP contribution in [0.1, 0.15) is 44.6 Å². The third kappa shape index (κ3) is 2.91. The lowest BCUT2D eigenvalue weighted by Gasteiger charge is -2.31. The third-order valence-corrected chi connectivity index (χ3v) is 5.95. The van der Waals surface area contributed by atoms with E-state index in [2.05, 4.69) is 36.6 Å². The first-order valence-corrected chi connectivity index (χ1v) is 8.79. The number of hydrogen-bond donors (Lipinski definition) is 1. The molecule has 0 saturated heterocycles. The molecule has 1 aliphatic rings. The van der Waals surface area contributed by atoms with E-state index in [0.717, 1.165) is 12.3 Å². The molecule has 1 saturated carbocycles. The number of rotatable bonds is 4. The molecule has 1 nitrogen and oxygen atoms in total. The minimum atomic E-state index is -0.164. The van der Waals surface area contributed by atoms with E-state index in [-0.39, 0.29) is 6.10 Å². The van der Waals surface area contributed by atoms with Gasteiger partial charge in [-0.1, -0.05) is 44.4 Å². The third-order valence-electron chi connectivity index (χ3n) is 4.94. The lowest BCUT2D eigenvalue weighted by atomic mass is 9.76. The molecule has 3 rings (SSSR count). The van der Waals surface area contributed by atoms with E-state index in [1.165, 1.54) is 47.8 Å². The van der Waals surface area contributed by atoms with Gasteiger partial charge in [-0.25, -0.2) is 0 Å². The van der Waals surface area contributed by atoms with Gasteiger partial charge in [-0.05, 0) is 47.1 Å². The first kappa shape index (κ1) is 14.1. The zero-order chi connectivity index (χ0) is 13.9. The van der Waals surface area contributed by atoms with Crippen LogP contribution in [0, 0.1) is 11.8 Å². The highest BCUT2D eigenvalue weighted by atomic mass is 32.1. The van der Waals surface area contributed by atoms with Crippen LogP contribution in [0.25, 0.3) is 10.1 Å². The second kappa shape index (κ2) is 6.28. The van der Waals surface area contributed by atoms with E-state index in [1.807, 2.05) is 0 Å². The monoisotopic (exact) mass is 288 g/mol. The van der Waals surface area contributed by atoms with Gasteiger partial charge in [0.05, 0.1) is 6.10 Å². The molecule has 1 aromatic carbocycles. The van der Waals surface area contributed by atoms with Gasteiger partial charge in [-0.3, -0.25) is 0 Å². The van der Waals surface area contributed by atoms with Crippen molar-refractivity contribution in [2.24, 2.45) is 11.8 Å². The van der Waals surface area contributed by atoms with Crippen LogP contribution in [0.15, 0.2) is 29.6 Å². The molecule has 0 aliphatic heterocycles. The van der Waals surface area contributed by atoms with Crippen LogP contribution in [0.4, 0.5) is 0 Å². The molecule has 1 N–H and O–H groups in total. The fraction of sp³-hybridized carbons (Fsp3) is 0.556. The second-order valence-electron chi connectivity index (χ2n) is 6.23. The maximum Gasteiger partial charge on any atom is 0.0609 e. The Morgan fingerprint density at radius 3 is 3.00 bits per heavy atom. The molecule has 1 fully saturated rings. The predicted octanol–water partition coefficient (Wildman–Crippen LogP) is 5.02. The standard InChI is InChI=1S/C18H24OS/c1-2-13-6-5-7-14(10-13)17(19)11-15-12-20-18-9-4-3-8-16(15)18/h3-4,8-9,12-14,17,19H,2,5-7,10-11H2,1H3. The van der Waals surface area contributed by atoms with Crippen LogP contribution in [-0.4, -0.2) is 11.2 Å². The fourth-order valence-electron chi connectivity index (χ4n) is 3.64. The van der Waals surface area contributed by atoms with Gasteiger partial charge in [0.2, 0.25) is 0 Å². The molecule has 0 bridgehead atoms. The van der Waals surface area contributed by atoms with Crippen LogP contribution in [-0.2, 0) is 6.42 Å². The molecule has 0 spiro atoms. The molecule has 1 aliphatic carbocycles. The first-order chi connectivity index (χ1) is 9.78. The highest BCUT2D eigenvalue weighted by molar-refractivity contribution is 7.17. The highest BCUT2D eigenvalue weighted by Crippen LogP contribution is 2.35. The van der Waals surface area contributed by atoms with Crippen molar-refractivity contribution in [1.29, 1.82) is 0 Å². The summed E-state index contributed by atoms with van der Waals surface area (Å²) in [7, 11) is 0. The summed E-state index contributed by atoms with van der Waals surface area (Å²) in [4.78, 5) is 0. The van der Waals surface area contributed by atoms with Gasteiger partial charge < -0.3 is 5.11 Å². The summed E-state index contributed by atoms with van der Waals surface area (Å²) in [6.45, 7) is 2.28. The van der Waals surface area contributed by atoms with Gasteiger partial charge >= 0.3 is 0 Å². The average molecular weight is 288 g/mol. The molecule has 3 atom stereocenters. The Morgan fingerprint density at radius 2 is 2.15 bits per heavy atom. The van der Waals surface area contributed by atoms with E-state index in [0.29, 0.717) is 5.92 Å². The first-order valence-electron chi connectivity index (χ1n) is 7.91. The van der Waals surface area contributed by atoms with E-state index in [1.54, 1.807) is 11.3 Å². The largest absolute Gasteiger partial charge is 0.392 e. The molecule has 0 radical (unpaired) electrons. The summed E-state index contributed by atoms with van der Waals surface area (Å²) >= 11 is 1.80. The van der Waals surface area contributed by atoms with E-state index in [9.17, 15) is 5.11 Å². The summed E-state index contributed by atoms with van der Waals surface area (Å²) in [5.41, 5.74) is 1.33. The van der Waals surface area contributed by atoms with Gasteiger partial charge in [0.25, 0.3) is 0 Å². The van der Waals surface area contributed by atoms with Crippen LogP contribution in [0.2, 0.25) is 0 Å². The zero-order valence-electron chi connectivity index (χ0n) is 12.2. The smallest absolute Gasteiger partial charge is 0.0609 e. The maximum absolute atomic E-state index is 10.6. The van der Waals surface area contributed by atoms with E-state index in [4.69, 9.17) is 0 Å². The van der Waals surface area contributed by atoms with Gasteiger partial charge in [-0.15, -0.1) is 11.3 Å². The number of aliphatic hydroxyl groups excluding tert-OH is 1. The Hall–Kier alpha value is -0.860. The number of fused-ring (bicyclic) bond motifs is 1. The van der Waals surface area contributed by atoms with Crippen molar-refractivity contribution in [3.05, 3.63) is 35.2 Å². The minimum Gasteiger partial charge on any atom is -0.392 e. The molecule has 108 valence electrons. The summed E-state index contributed by atoms with van der Waals surface area (Å²) in [6, 6.07) is 8.54. The molecular weight excluding hydrogens is 264 g/mol. The molecule has 3 unspecified atom stereocenters. The van der Waals surface area contributed by atoms with Gasteiger partial charge in [0.15, 0.2) is 0 Å². The molecule has 1 heterocycles. The van der Waals surface area contributed by atoms with Crippen molar-refractivity contribution < 1.29 is 5.11 Å². The van der Waals surface area contributed by atoms with Crippen molar-refractivity contribution in [3.63, 3.8) is 0 Å². The van der Waals surface area contributed by atoms with Crippen molar-refractivity contribution in [3.8, 4) is 0 Å². The maximum atomic E-state index is 10.6. The highest BCUT2D eigenvalue weighted by Gasteiger charge is 2.27. The van der Waals surface area contributed by atoms with Crippen molar-refractivity contribution in [1.82, 2.24) is 0 Å². The molecule has 20 heavy (non-hydrogen) atoms. The Balaban J connectivity index is 1.70. The molecule has 2 heteroatoms. The second-order valence-corrected chi connectivity index (χ2v) is 7.14. The number of benzene rings is 1. The van der Waals surface area contributed by atoms with Crippen molar-refractivity contribution in [2.45, 2.75) is 51.6 Å². The number of thiophene rings is 1. The van der Waals surface area contributed by atoms with Crippen LogP contribution >= 0.6 is 11.3 Å². The SMILES string of the molecule is CCC1CCCC(C(O)Cc2csc3ccccc23)C1. The topological polar surface area (TPSA) is 20.2 Å². The average Bonchev–Trinajstić information content (AvgIpc) is 2.90.